The summed E-state index contributed by atoms with van der Waals surface area (Å²) in [5, 5.41) is 20.6. The van der Waals surface area contributed by atoms with Crippen molar-refractivity contribution in [2.24, 2.45) is 0 Å². The van der Waals surface area contributed by atoms with Crippen molar-refractivity contribution in [1.82, 2.24) is 15.1 Å². The molecule has 0 N–H and O–H groups in total. The van der Waals surface area contributed by atoms with Gasteiger partial charge in [0.25, 0.3) is 0 Å². The smallest absolute Gasteiger partial charge is 0.398 e. The second-order valence-corrected chi connectivity index (χ2v) is 7.56. The SMILES string of the molecule is Cl.O=[N+]([O-])c1ccc(-c2nnc(N3CCC(N4CCCCC4)CC3)s2)o1. The molecule has 2 aliphatic heterocycles. The van der Waals surface area contributed by atoms with Gasteiger partial charge in [-0.05, 0) is 44.8 Å². The first-order valence-corrected chi connectivity index (χ1v) is 9.59. The van der Waals surface area contributed by atoms with Gasteiger partial charge in [-0.25, -0.2) is 0 Å². The summed E-state index contributed by atoms with van der Waals surface area (Å²) in [4.78, 5) is 15.1. The maximum Gasteiger partial charge on any atom is 0.433 e. The van der Waals surface area contributed by atoms with E-state index in [1.54, 1.807) is 6.07 Å². The molecular weight excluding hydrogens is 378 g/mol. The minimum Gasteiger partial charge on any atom is -0.398 e. The van der Waals surface area contributed by atoms with Gasteiger partial charge in [0.15, 0.2) is 10.8 Å². The summed E-state index contributed by atoms with van der Waals surface area (Å²) in [5.74, 6) is 0.132. The number of anilines is 1. The largest absolute Gasteiger partial charge is 0.433 e. The zero-order valence-electron chi connectivity index (χ0n) is 14.4. The van der Waals surface area contributed by atoms with Crippen LogP contribution in [-0.4, -0.2) is 52.2 Å². The lowest BCUT2D eigenvalue weighted by atomic mass is 10.0. The van der Waals surface area contributed by atoms with Crippen molar-refractivity contribution in [3.05, 3.63) is 22.2 Å². The van der Waals surface area contributed by atoms with Gasteiger partial charge < -0.3 is 14.2 Å². The summed E-state index contributed by atoms with van der Waals surface area (Å²) in [6, 6.07) is 3.61. The van der Waals surface area contributed by atoms with Crippen LogP contribution in [0.2, 0.25) is 0 Å². The highest BCUT2D eigenvalue weighted by Crippen LogP contribution is 2.33. The summed E-state index contributed by atoms with van der Waals surface area (Å²) >= 11 is 1.43. The molecule has 0 bridgehead atoms. The first kappa shape index (κ1) is 19.1. The van der Waals surface area contributed by atoms with Crippen molar-refractivity contribution >= 4 is 34.8 Å². The van der Waals surface area contributed by atoms with Crippen molar-refractivity contribution < 1.29 is 9.34 Å². The molecule has 8 nitrogen and oxygen atoms in total. The molecule has 2 aliphatic rings. The second-order valence-electron chi connectivity index (χ2n) is 6.60. The van der Waals surface area contributed by atoms with Crippen molar-refractivity contribution in [2.75, 3.05) is 31.1 Å². The topological polar surface area (TPSA) is 88.5 Å². The van der Waals surface area contributed by atoms with Gasteiger partial charge in [0.2, 0.25) is 5.13 Å². The number of nitro groups is 1. The fourth-order valence-electron chi connectivity index (χ4n) is 3.69. The van der Waals surface area contributed by atoms with E-state index in [-0.39, 0.29) is 18.3 Å². The van der Waals surface area contributed by atoms with E-state index in [2.05, 4.69) is 20.0 Å². The van der Waals surface area contributed by atoms with E-state index in [9.17, 15) is 10.1 Å². The van der Waals surface area contributed by atoms with Crippen LogP contribution in [0.1, 0.15) is 32.1 Å². The maximum absolute atomic E-state index is 10.7. The van der Waals surface area contributed by atoms with Crippen LogP contribution in [0, 0.1) is 10.1 Å². The molecular formula is C16H22ClN5O3S. The minimum atomic E-state index is -0.545. The lowest BCUT2D eigenvalue weighted by Crippen LogP contribution is -2.46. The Morgan fingerprint density at radius 3 is 2.50 bits per heavy atom. The van der Waals surface area contributed by atoms with Crippen molar-refractivity contribution in [3.63, 3.8) is 0 Å². The van der Waals surface area contributed by atoms with Crippen LogP contribution in [0.4, 0.5) is 11.0 Å². The summed E-state index contributed by atoms with van der Waals surface area (Å²) in [7, 11) is 0. The van der Waals surface area contributed by atoms with E-state index in [1.165, 1.54) is 49.8 Å². The van der Waals surface area contributed by atoms with Crippen molar-refractivity contribution in [1.29, 1.82) is 0 Å². The average molecular weight is 400 g/mol. The van der Waals surface area contributed by atoms with Crippen LogP contribution in [0.25, 0.3) is 10.8 Å². The molecule has 0 atom stereocenters. The number of hydrogen-bond acceptors (Lipinski definition) is 8. The number of piperidine rings is 2. The number of furan rings is 1. The van der Waals surface area contributed by atoms with E-state index in [1.807, 2.05) is 0 Å². The summed E-state index contributed by atoms with van der Waals surface area (Å²) in [6.07, 6.45) is 6.33. The Hall–Kier alpha value is -1.71. The molecule has 2 fully saturated rings. The number of nitrogens with zero attached hydrogens (tertiary/aromatic N) is 5. The molecule has 142 valence electrons. The fraction of sp³-hybridized carbons (Fsp3) is 0.625. The number of aromatic nitrogens is 2. The zero-order chi connectivity index (χ0) is 17.2. The van der Waals surface area contributed by atoms with E-state index in [0.29, 0.717) is 16.8 Å². The van der Waals surface area contributed by atoms with Crippen molar-refractivity contribution in [3.8, 4) is 10.8 Å². The van der Waals surface area contributed by atoms with Crippen LogP contribution in [0.15, 0.2) is 16.5 Å². The van der Waals surface area contributed by atoms with E-state index >= 15 is 0 Å². The van der Waals surface area contributed by atoms with E-state index in [0.717, 1.165) is 31.1 Å². The molecule has 0 amide bonds. The highest BCUT2D eigenvalue weighted by Gasteiger charge is 2.27. The van der Waals surface area contributed by atoms with Gasteiger partial charge in [0.05, 0.1) is 6.07 Å². The third-order valence-corrected chi connectivity index (χ3v) is 6.04. The minimum absolute atomic E-state index is 0. The molecule has 0 radical (unpaired) electrons. The summed E-state index contributed by atoms with van der Waals surface area (Å²) < 4.78 is 5.21. The molecule has 26 heavy (non-hydrogen) atoms. The molecule has 0 spiro atoms. The molecule has 2 aromatic heterocycles. The molecule has 2 aromatic rings. The monoisotopic (exact) mass is 399 g/mol. The van der Waals surface area contributed by atoms with Gasteiger partial charge in [0.1, 0.15) is 4.92 Å². The highest BCUT2D eigenvalue weighted by atomic mass is 35.5. The van der Waals surface area contributed by atoms with Gasteiger partial charge >= 0.3 is 5.88 Å². The standard InChI is InChI=1S/C16H21N5O3S.ClH/c22-21(23)14-5-4-13(24-14)15-17-18-16(25-15)20-10-6-12(7-11-20)19-8-2-1-3-9-19;/h4-5,12H,1-3,6-11H2;1H. The lowest BCUT2D eigenvalue weighted by molar-refractivity contribution is -0.401. The number of likely N-dealkylation sites (tertiary alicyclic amines) is 1. The van der Waals surface area contributed by atoms with Gasteiger partial charge in [-0.1, -0.05) is 17.8 Å². The van der Waals surface area contributed by atoms with E-state index < -0.39 is 4.92 Å². The molecule has 2 saturated heterocycles. The molecule has 0 aromatic carbocycles. The Morgan fingerprint density at radius 2 is 1.85 bits per heavy atom. The summed E-state index contributed by atoms with van der Waals surface area (Å²) in [5.41, 5.74) is 0. The van der Waals surface area contributed by atoms with Gasteiger partial charge in [-0.3, -0.25) is 10.1 Å². The number of rotatable bonds is 4. The Morgan fingerprint density at radius 1 is 1.12 bits per heavy atom. The van der Waals surface area contributed by atoms with Crippen LogP contribution in [0.5, 0.6) is 0 Å². The predicted octanol–water partition coefficient (Wildman–Crippen LogP) is 3.58. The summed E-state index contributed by atoms with van der Waals surface area (Å²) in [6.45, 7) is 4.44. The Balaban J connectivity index is 0.00000196. The third-order valence-electron chi connectivity index (χ3n) is 5.04. The zero-order valence-corrected chi connectivity index (χ0v) is 16.0. The average Bonchev–Trinajstić information content (AvgIpc) is 3.32. The lowest BCUT2D eigenvalue weighted by Gasteiger charge is -2.40. The van der Waals surface area contributed by atoms with Crippen LogP contribution < -0.4 is 4.90 Å². The third kappa shape index (κ3) is 3.99. The normalized spacial score (nSPS) is 19.3. The Bertz CT molecular complexity index is 738. The highest BCUT2D eigenvalue weighted by molar-refractivity contribution is 7.18. The molecule has 0 saturated carbocycles. The van der Waals surface area contributed by atoms with Crippen molar-refractivity contribution in [2.45, 2.75) is 38.1 Å². The number of hydrogen-bond donors (Lipinski definition) is 0. The van der Waals surface area contributed by atoms with Gasteiger partial charge in [-0.2, -0.15) is 0 Å². The quantitative estimate of drug-likeness (QED) is 0.573. The molecule has 0 unspecified atom stereocenters. The van der Waals surface area contributed by atoms with Gasteiger partial charge in [0, 0.05) is 19.1 Å². The second kappa shape index (κ2) is 8.32. The fourth-order valence-corrected chi connectivity index (χ4v) is 4.55. The van der Waals surface area contributed by atoms with Crippen LogP contribution >= 0.6 is 23.7 Å². The predicted molar refractivity (Wildman–Crippen MR) is 102 cm³/mol. The van der Waals surface area contributed by atoms with E-state index in [4.69, 9.17) is 4.42 Å². The molecule has 10 heteroatoms. The molecule has 4 heterocycles. The van der Waals surface area contributed by atoms with Gasteiger partial charge in [-0.15, -0.1) is 22.6 Å². The molecule has 0 aliphatic carbocycles. The first-order chi connectivity index (χ1) is 12.2. The van der Waals surface area contributed by atoms with Crippen LogP contribution in [-0.2, 0) is 0 Å². The van der Waals surface area contributed by atoms with Crippen LogP contribution in [0.3, 0.4) is 0 Å². The molecule has 4 rings (SSSR count). The maximum atomic E-state index is 10.7. The first-order valence-electron chi connectivity index (χ1n) is 8.78. The Kier molecular flexibility index (Phi) is 6.10. The number of halogens is 1. The Labute approximate surface area is 161 Å².